The third kappa shape index (κ3) is 4.03. The van der Waals surface area contributed by atoms with E-state index in [9.17, 15) is 0 Å². The van der Waals surface area contributed by atoms with Crippen LogP contribution in [0.25, 0.3) is 0 Å². The molecule has 2 nitrogen and oxygen atoms in total. The van der Waals surface area contributed by atoms with Gasteiger partial charge in [0, 0.05) is 11.1 Å². The lowest BCUT2D eigenvalue weighted by molar-refractivity contribution is 0.00578. The summed E-state index contributed by atoms with van der Waals surface area (Å²) in [5.41, 5.74) is 4.57. The second-order valence-corrected chi connectivity index (χ2v) is 8.08. The third-order valence-electron chi connectivity index (χ3n) is 5.40. The Labute approximate surface area is 163 Å². The van der Waals surface area contributed by atoms with E-state index in [1.807, 2.05) is 36.4 Å². The number of aryl methyl sites for hydroxylation is 1. The molecule has 1 heterocycles. The molecule has 3 heteroatoms. The summed E-state index contributed by atoms with van der Waals surface area (Å²) in [6, 6.07) is 14.3. The summed E-state index contributed by atoms with van der Waals surface area (Å²) < 4.78 is 12.6. The first-order valence-electron chi connectivity index (χ1n) is 9.40. The molecule has 0 aliphatic carbocycles. The Morgan fingerprint density at radius 1 is 1.00 bits per heavy atom. The quantitative estimate of drug-likeness (QED) is 0.459. The van der Waals surface area contributed by atoms with E-state index in [0.717, 1.165) is 34.1 Å². The Bertz CT molecular complexity index is 885. The predicted octanol–water partition coefficient (Wildman–Crippen LogP) is 4.42. The van der Waals surface area contributed by atoms with Crippen molar-refractivity contribution in [3.05, 3.63) is 77.4 Å². The highest BCUT2D eigenvalue weighted by Gasteiger charge is 2.52. The van der Waals surface area contributed by atoms with Crippen molar-refractivity contribution >= 4 is 12.6 Å². The average molecular weight is 358 g/mol. The molecule has 1 fully saturated rings. The maximum atomic E-state index is 6.31. The van der Waals surface area contributed by atoms with Gasteiger partial charge in [-0.05, 0) is 70.3 Å². The van der Waals surface area contributed by atoms with Crippen LogP contribution in [0.5, 0.6) is 0 Å². The van der Waals surface area contributed by atoms with Gasteiger partial charge in [-0.15, -0.1) is 6.58 Å². The number of hydrogen-bond acceptors (Lipinski definition) is 2. The maximum absolute atomic E-state index is 6.31. The molecule has 0 amide bonds. The molecule has 0 unspecified atom stereocenters. The third-order valence-corrected chi connectivity index (χ3v) is 5.40. The van der Waals surface area contributed by atoms with E-state index in [2.05, 4.69) is 65.2 Å². The van der Waals surface area contributed by atoms with E-state index in [4.69, 9.17) is 9.31 Å². The van der Waals surface area contributed by atoms with Crippen LogP contribution < -0.4 is 5.46 Å². The number of allylic oxidation sites excluding steroid dienone is 1. The van der Waals surface area contributed by atoms with Crippen molar-refractivity contribution in [2.75, 3.05) is 0 Å². The molecule has 2 aromatic rings. The van der Waals surface area contributed by atoms with Crippen LogP contribution in [0.1, 0.15) is 49.9 Å². The molecule has 0 aromatic heterocycles. The second kappa shape index (κ2) is 7.39. The van der Waals surface area contributed by atoms with Crippen LogP contribution in [0.4, 0.5) is 0 Å². The highest BCUT2D eigenvalue weighted by molar-refractivity contribution is 6.62. The number of rotatable bonds is 3. The van der Waals surface area contributed by atoms with Crippen LogP contribution >= 0.6 is 0 Å². The fourth-order valence-corrected chi connectivity index (χ4v) is 3.17. The molecule has 0 saturated carbocycles. The Morgan fingerprint density at radius 3 is 2.22 bits per heavy atom. The molecule has 1 aliphatic heterocycles. The first-order chi connectivity index (χ1) is 12.7. The van der Waals surface area contributed by atoms with Crippen molar-refractivity contribution in [1.82, 2.24) is 0 Å². The molecule has 0 radical (unpaired) electrons. The van der Waals surface area contributed by atoms with Crippen LogP contribution in [-0.2, 0) is 15.7 Å². The van der Waals surface area contributed by atoms with Gasteiger partial charge in [-0.2, -0.15) is 0 Å². The van der Waals surface area contributed by atoms with Crippen molar-refractivity contribution in [1.29, 1.82) is 0 Å². The Kier molecular flexibility index (Phi) is 5.33. The maximum Gasteiger partial charge on any atom is 0.495 e. The summed E-state index contributed by atoms with van der Waals surface area (Å²) in [5, 5.41) is 0. The normalized spacial score (nSPS) is 17.3. The van der Waals surface area contributed by atoms with E-state index in [1.54, 1.807) is 0 Å². The van der Waals surface area contributed by atoms with Crippen molar-refractivity contribution < 1.29 is 9.31 Å². The lowest BCUT2D eigenvalue weighted by Crippen LogP contribution is -2.41. The summed E-state index contributed by atoms with van der Waals surface area (Å²) >= 11 is 0. The summed E-state index contributed by atoms with van der Waals surface area (Å²) in [5.74, 6) is 6.62. The number of hydrogen-bond donors (Lipinski definition) is 0. The topological polar surface area (TPSA) is 18.5 Å². The van der Waals surface area contributed by atoms with Gasteiger partial charge in [0.2, 0.25) is 0 Å². The largest absolute Gasteiger partial charge is 0.495 e. The van der Waals surface area contributed by atoms with Crippen LogP contribution in [0.2, 0.25) is 0 Å². The fraction of sp³-hybridized carbons (Fsp3) is 0.333. The second-order valence-electron chi connectivity index (χ2n) is 8.08. The van der Waals surface area contributed by atoms with Crippen molar-refractivity contribution in [2.24, 2.45) is 0 Å². The first-order valence-corrected chi connectivity index (χ1v) is 9.40. The molecule has 0 bridgehead atoms. The highest BCUT2D eigenvalue weighted by Crippen LogP contribution is 2.37. The smallest absolute Gasteiger partial charge is 0.399 e. The molecule has 0 spiro atoms. The van der Waals surface area contributed by atoms with E-state index >= 15 is 0 Å². The van der Waals surface area contributed by atoms with E-state index < -0.39 is 7.12 Å². The first kappa shape index (κ1) is 19.5. The molecule has 0 N–H and O–H groups in total. The van der Waals surface area contributed by atoms with Crippen molar-refractivity contribution in [3.8, 4) is 11.8 Å². The van der Waals surface area contributed by atoms with Crippen LogP contribution in [0.3, 0.4) is 0 Å². The molecule has 2 aromatic carbocycles. The predicted molar refractivity (Wildman–Crippen MR) is 113 cm³/mol. The zero-order valence-corrected chi connectivity index (χ0v) is 16.9. The van der Waals surface area contributed by atoms with Gasteiger partial charge in [-0.1, -0.05) is 47.7 Å². The van der Waals surface area contributed by atoms with Gasteiger partial charge >= 0.3 is 7.12 Å². The SMILES string of the molecule is C=CCc1c(C#Cc2ccccc2)cc(C)cc1B1OC(C)(C)C(C)(C)O1. The minimum absolute atomic E-state index is 0.372. The van der Waals surface area contributed by atoms with Gasteiger partial charge < -0.3 is 9.31 Å². The molecular weight excluding hydrogens is 331 g/mol. The van der Waals surface area contributed by atoms with Gasteiger partial charge in [-0.3, -0.25) is 0 Å². The van der Waals surface area contributed by atoms with E-state index in [1.165, 1.54) is 0 Å². The molecule has 1 aliphatic rings. The lowest BCUT2D eigenvalue weighted by atomic mass is 9.73. The molecule has 1 saturated heterocycles. The van der Waals surface area contributed by atoms with Gasteiger partial charge in [0.25, 0.3) is 0 Å². The zero-order valence-electron chi connectivity index (χ0n) is 16.9. The van der Waals surface area contributed by atoms with E-state index in [0.29, 0.717) is 0 Å². The average Bonchev–Trinajstić information content (AvgIpc) is 2.83. The van der Waals surface area contributed by atoms with Crippen LogP contribution in [0.15, 0.2) is 55.1 Å². The molecular formula is C24H27BO2. The minimum Gasteiger partial charge on any atom is -0.399 e. The lowest BCUT2D eigenvalue weighted by Gasteiger charge is -2.32. The molecule has 27 heavy (non-hydrogen) atoms. The monoisotopic (exact) mass is 358 g/mol. The highest BCUT2D eigenvalue weighted by atomic mass is 16.7. The Morgan fingerprint density at radius 2 is 1.63 bits per heavy atom. The van der Waals surface area contributed by atoms with Gasteiger partial charge in [0.15, 0.2) is 0 Å². The van der Waals surface area contributed by atoms with E-state index in [-0.39, 0.29) is 11.2 Å². The molecule has 138 valence electrons. The Balaban J connectivity index is 2.07. The summed E-state index contributed by atoms with van der Waals surface area (Å²) in [4.78, 5) is 0. The van der Waals surface area contributed by atoms with Crippen LogP contribution in [-0.4, -0.2) is 18.3 Å². The minimum atomic E-state index is -0.401. The fourth-order valence-electron chi connectivity index (χ4n) is 3.17. The van der Waals surface area contributed by atoms with Crippen LogP contribution in [0, 0.1) is 18.8 Å². The Hall–Kier alpha value is -2.28. The standard InChI is InChI=1S/C24H27BO2/c1-7-11-21-20(15-14-19-12-9-8-10-13-19)16-18(2)17-22(21)25-26-23(3,4)24(5,6)27-25/h7-10,12-13,16-17H,1,11H2,2-6H3. The van der Waals surface area contributed by atoms with Gasteiger partial charge in [-0.25, -0.2) is 0 Å². The molecule has 0 atom stereocenters. The summed E-state index contributed by atoms with van der Waals surface area (Å²) in [6.07, 6.45) is 2.63. The summed E-state index contributed by atoms with van der Waals surface area (Å²) in [6.45, 7) is 14.3. The zero-order chi connectivity index (χ0) is 19.7. The van der Waals surface area contributed by atoms with Gasteiger partial charge in [0.05, 0.1) is 11.2 Å². The van der Waals surface area contributed by atoms with Crippen molar-refractivity contribution in [2.45, 2.75) is 52.2 Å². The summed E-state index contributed by atoms with van der Waals surface area (Å²) in [7, 11) is -0.401. The van der Waals surface area contributed by atoms with Gasteiger partial charge in [0.1, 0.15) is 0 Å². The van der Waals surface area contributed by atoms with Crippen molar-refractivity contribution in [3.63, 3.8) is 0 Å². The number of benzene rings is 2. The molecule has 3 rings (SSSR count).